The SMILES string of the molecule is COc1ccc2nccc(C(F)CC[C@@H]3CCN(CCCSC4CC4)C[C@@H]3C(=O)O)c2c1. The van der Waals surface area contributed by atoms with Crippen LogP contribution in [0.25, 0.3) is 10.9 Å². The van der Waals surface area contributed by atoms with E-state index in [0.29, 0.717) is 30.7 Å². The van der Waals surface area contributed by atoms with Crippen LogP contribution in [0.3, 0.4) is 0 Å². The van der Waals surface area contributed by atoms with Crippen LogP contribution in [0.2, 0.25) is 0 Å². The zero-order valence-electron chi connectivity index (χ0n) is 18.7. The van der Waals surface area contributed by atoms with Crippen molar-refractivity contribution in [1.82, 2.24) is 9.88 Å². The van der Waals surface area contributed by atoms with Crippen molar-refractivity contribution in [3.63, 3.8) is 0 Å². The van der Waals surface area contributed by atoms with Crippen LogP contribution in [0.15, 0.2) is 30.5 Å². The van der Waals surface area contributed by atoms with Gasteiger partial charge in [-0.2, -0.15) is 11.8 Å². The van der Waals surface area contributed by atoms with E-state index in [2.05, 4.69) is 21.6 Å². The molecule has 0 bridgehead atoms. The summed E-state index contributed by atoms with van der Waals surface area (Å²) in [4.78, 5) is 18.6. The van der Waals surface area contributed by atoms with Crippen LogP contribution in [0.4, 0.5) is 4.39 Å². The molecule has 5 nitrogen and oxygen atoms in total. The van der Waals surface area contributed by atoms with Gasteiger partial charge in [-0.15, -0.1) is 0 Å². The summed E-state index contributed by atoms with van der Waals surface area (Å²) < 4.78 is 20.6. The molecule has 3 atom stereocenters. The van der Waals surface area contributed by atoms with Crippen molar-refractivity contribution in [2.24, 2.45) is 11.8 Å². The Hall–Kier alpha value is -1.86. The first kappa shape index (κ1) is 23.3. The van der Waals surface area contributed by atoms with E-state index >= 15 is 4.39 Å². The first-order valence-electron chi connectivity index (χ1n) is 11.7. The Bertz CT molecular complexity index is 923. The monoisotopic (exact) mass is 460 g/mol. The molecule has 0 amide bonds. The Kier molecular flexibility index (Phi) is 7.89. The number of carboxylic acid groups (broad SMARTS) is 1. The van der Waals surface area contributed by atoms with Crippen molar-refractivity contribution in [3.05, 3.63) is 36.0 Å². The molecule has 1 N–H and O–H groups in total. The molecule has 7 heteroatoms. The van der Waals surface area contributed by atoms with E-state index in [9.17, 15) is 9.90 Å². The second kappa shape index (κ2) is 10.8. The van der Waals surface area contributed by atoms with Gasteiger partial charge in [-0.1, -0.05) is 0 Å². The van der Waals surface area contributed by atoms with Crippen LogP contribution in [0.1, 0.15) is 50.3 Å². The summed E-state index contributed by atoms with van der Waals surface area (Å²) in [6.07, 6.45) is 6.04. The van der Waals surface area contributed by atoms with E-state index in [1.54, 1.807) is 19.4 Å². The number of halogens is 1. The van der Waals surface area contributed by atoms with Crippen LogP contribution < -0.4 is 4.74 Å². The van der Waals surface area contributed by atoms with Gasteiger partial charge in [0.25, 0.3) is 0 Å². The van der Waals surface area contributed by atoms with Crippen LogP contribution >= 0.6 is 11.8 Å². The highest BCUT2D eigenvalue weighted by molar-refractivity contribution is 8.00. The zero-order valence-corrected chi connectivity index (χ0v) is 19.5. The molecule has 1 aliphatic carbocycles. The maximum Gasteiger partial charge on any atom is 0.308 e. The largest absolute Gasteiger partial charge is 0.497 e. The topological polar surface area (TPSA) is 62.7 Å². The van der Waals surface area contributed by atoms with E-state index in [1.807, 2.05) is 18.2 Å². The van der Waals surface area contributed by atoms with Crippen molar-refractivity contribution in [1.29, 1.82) is 0 Å². The molecule has 1 aliphatic heterocycles. The second-order valence-electron chi connectivity index (χ2n) is 9.05. The summed E-state index contributed by atoms with van der Waals surface area (Å²) in [6, 6.07) is 7.21. The zero-order chi connectivity index (χ0) is 22.5. The second-order valence-corrected chi connectivity index (χ2v) is 10.5. The highest BCUT2D eigenvalue weighted by atomic mass is 32.2. The number of ether oxygens (including phenoxy) is 1. The van der Waals surface area contributed by atoms with E-state index in [0.717, 1.165) is 47.8 Å². The maximum atomic E-state index is 15.3. The lowest BCUT2D eigenvalue weighted by atomic mass is 9.81. The maximum absolute atomic E-state index is 15.3. The summed E-state index contributed by atoms with van der Waals surface area (Å²) in [7, 11) is 1.59. The van der Waals surface area contributed by atoms with Crippen molar-refractivity contribution in [3.8, 4) is 5.75 Å². The smallest absolute Gasteiger partial charge is 0.308 e. The van der Waals surface area contributed by atoms with Crippen molar-refractivity contribution >= 4 is 28.6 Å². The number of fused-ring (bicyclic) bond motifs is 1. The summed E-state index contributed by atoms with van der Waals surface area (Å²) in [6.45, 7) is 2.46. The Labute approximate surface area is 193 Å². The molecule has 1 saturated heterocycles. The van der Waals surface area contributed by atoms with E-state index in [4.69, 9.17) is 4.74 Å². The van der Waals surface area contributed by atoms with Gasteiger partial charge in [0.2, 0.25) is 0 Å². The number of benzene rings is 1. The van der Waals surface area contributed by atoms with Gasteiger partial charge in [0.15, 0.2) is 0 Å². The molecule has 1 unspecified atom stereocenters. The number of methoxy groups -OCH3 is 1. The molecule has 1 saturated carbocycles. The van der Waals surface area contributed by atoms with Gasteiger partial charge < -0.3 is 14.7 Å². The average molecular weight is 461 g/mol. The number of carbonyl (C=O) groups is 1. The molecule has 174 valence electrons. The average Bonchev–Trinajstić information content (AvgIpc) is 3.64. The molecule has 2 fully saturated rings. The molecular formula is C25H33FN2O3S. The van der Waals surface area contributed by atoms with Gasteiger partial charge in [0.1, 0.15) is 11.9 Å². The summed E-state index contributed by atoms with van der Waals surface area (Å²) >= 11 is 2.05. The Morgan fingerprint density at radius 2 is 2.19 bits per heavy atom. The predicted molar refractivity (Wildman–Crippen MR) is 127 cm³/mol. The Morgan fingerprint density at radius 1 is 1.34 bits per heavy atom. The molecule has 2 aromatic rings. The normalized spacial score (nSPS) is 22.7. The van der Waals surface area contributed by atoms with Gasteiger partial charge in [0.05, 0.1) is 18.5 Å². The van der Waals surface area contributed by atoms with Gasteiger partial charge in [-0.25, -0.2) is 4.39 Å². The lowest BCUT2D eigenvalue weighted by molar-refractivity contribution is -0.146. The number of aliphatic carboxylic acids is 1. The molecule has 2 aliphatic rings. The molecule has 4 rings (SSSR count). The number of hydrogen-bond acceptors (Lipinski definition) is 5. The van der Waals surface area contributed by atoms with Crippen molar-refractivity contribution in [2.75, 3.05) is 32.5 Å². The molecule has 0 radical (unpaired) electrons. The number of thioether (sulfide) groups is 1. The number of pyridine rings is 1. The fourth-order valence-electron chi connectivity index (χ4n) is 4.73. The molecule has 1 aromatic carbocycles. The predicted octanol–water partition coefficient (Wildman–Crippen LogP) is 5.34. The summed E-state index contributed by atoms with van der Waals surface area (Å²) in [5.41, 5.74) is 1.34. The first-order valence-corrected chi connectivity index (χ1v) is 12.7. The third kappa shape index (κ3) is 5.93. The van der Waals surface area contributed by atoms with Crippen molar-refractivity contribution in [2.45, 2.75) is 49.9 Å². The summed E-state index contributed by atoms with van der Waals surface area (Å²) in [5, 5.41) is 11.4. The van der Waals surface area contributed by atoms with Crippen LogP contribution in [-0.4, -0.2) is 58.7 Å². The standard InChI is InChI=1S/C25H33FN2O3S/c1-31-18-4-8-24-21(15-18)20(9-11-27-24)23(26)7-3-17-10-13-28(16-22(17)25(29)30)12-2-14-32-19-5-6-19/h4,8-9,11,15,17,19,22-23H,2-3,5-7,10,12-14,16H2,1H3,(H,29,30)/t17-,22+,23?/m1/s1. The van der Waals surface area contributed by atoms with Gasteiger partial charge in [0, 0.05) is 23.4 Å². The highest BCUT2D eigenvalue weighted by Crippen LogP contribution is 2.36. The molecule has 2 heterocycles. The third-order valence-electron chi connectivity index (χ3n) is 6.76. The number of rotatable bonds is 11. The lowest BCUT2D eigenvalue weighted by Gasteiger charge is -2.36. The fraction of sp³-hybridized carbons (Fsp3) is 0.600. The fourth-order valence-corrected chi connectivity index (χ4v) is 5.83. The number of nitrogens with zero attached hydrogens (tertiary/aromatic N) is 2. The molecule has 32 heavy (non-hydrogen) atoms. The Balaban J connectivity index is 1.33. The number of alkyl halides is 1. The van der Waals surface area contributed by atoms with E-state index in [1.165, 1.54) is 12.8 Å². The number of aromatic nitrogens is 1. The first-order chi connectivity index (χ1) is 15.5. The van der Waals surface area contributed by atoms with Gasteiger partial charge in [-0.3, -0.25) is 9.78 Å². The lowest BCUT2D eigenvalue weighted by Crippen LogP contribution is -2.44. The minimum Gasteiger partial charge on any atom is -0.497 e. The van der Waals surface area contributed by atoms with Crippen LogP contribution in [0, 0.1) is 11.8 Å². The number of piperidine rings is 1. The quantitative estimate of drug-likeness (QED) is 0.457. The molecular weight excluding hydrogens is 427 g/mol. The van der Waals surface area contributed by atoms with Gasteiger partial charge >= 0.3 is 5.97 Å². The minimum absolute atomic E-state index is 0.0190. The molecule has 1 aromatic heterocycles. The third-order valence-corrected chi connectivity index (χ3v) is 8.23. The van der Waals surface area contributed by atoms with Crippen LogP contribution in [-0.2, 0) is 4.79 Å². The minimum atomic E-state index is -1.15. The summed E-state index contributed by atoms with van der Waals surface area (Å²) in [5.74, 6) is 0.692. The number of hydrogen-bond donors (Lipinski definition) is 1. The molecule has 0 spiro atoms. The highest BCUT2D eigenvalue weighted by Gasteiger charge is 2.34. The Morgan fingerprint density at radius 3 is 2.94 bits per heavy atom. The number of carboxylic acids is 1. The van der Waals surface area contributed by atoms with Crippen LogP contribution in [0.5, 0.6) is 5.75 Å². The number of likely N-dealkylation sites (tertiary alicyclic amines) is 1. The van der Waals surface area contributed by atoms with Crippen molar-refractivity contribution < 1.29 is 19.0 Å². The van der Waals surface area contributed by atoms with E-state index in [-0.39, 0.29) is 5.92 Å². The van der Waals surface area contributed by atoms with E-state index < -0.39 is 18.1 Å². The van der Waals surface area contributed by atoms with Gasteiger partial charge in [-0.05, 0) is 93.1 Å².